The molecule has 4 amide bonds. The van der Waals surface area contributed by atoms with Gasteiger partial charge in [0, 0.05) is 12.0 Å². The zero-order valence-corrected chi connectivity index (χ0v) is 16.2. The second kappa shape index (κ2) is 7.62. The van der Waals surface area contributed by atoms with E-state index in [1.54, 1.807) is 38.9 Å². The Labute approximate surface area is 168 Å². The lowest BCUT2D eigenvalue weighted by molar-refractivity contribution is -0.131. The molecule has 2 unspecified atom stereocenters. The van der Waals surface area contributed by atoms with Gasteiger partial charge in [0.1, 0.15) is 6.54 Å². The third-order valence-corrected chi connectivity index (χ3v) is 5.40. The quantitative estimate of drug-likeness (QED) is 0.785. The van der Waals surface area contributed by atoms with E-state index >= 15 is 0 Å². The molecule has 0 saturated carbocycles. The standard InChI is InChI=1S/C21H22N3O5/c1-28-17-9-12-7-8-16(14(12)10-18(17)29-2)22-19(25)11-24-20(26)13-5-3-4-6-15(13)23-21(24)27/h3-6,9-10,15-16H,7-8,11H2,1-2H3,(H,22,25)(H,23,27). The lowest BCUT2D eigenvalue weighted by atomic mass is 9.96. The van der Waals surface area contributed by atoms with Gasteiger partial charge in [-0.15, -0.1) is 0 Å². The number of fused-ring (bicyclic) bond motifs is 2. The second-order valence-corrected chi connectivity index (χ2v) is 7.08. The lowest BCUT2D eigenvalue weighted by Gasteiger charge is -2.33. The van der Waals surface area contributed by atoms with E-state index in [9.17, 15) is 14.4 Å². The topological polar surface area (TPSA) is 97.0 Å². The fraction of sp³-hybridized carbons (Fsp3) is 0.333. The Morgan fingerprint density at radius 2 is 1.97 bits per heavy atom. The van der Waals surface area contributed by atoms with Crippen LogP contribution in [0.25, 0.3) is 0 Å². The largest absolute Gasteiger partial charge is 0.493 e. The van der Waals surface area contributed by atoms with Crippen molar-refractivity contribution in [2.75, 3.05) is 20.8 Å². The Balaban J connectivity index is 1.46. The molecule has 1 radical (unpaired) electrons. The van der Waals surface area contributed by atoms with Crippen molar-refractivity contribution in [3.8, 4) is 11.5 Å². The van der Waals surface area contributed by atoms with Crippen molar-refractivity contribution in [3.05, 3.63) is 53.5 Å². The van der Waals surface area contributed by atoms with Crippen LogP contribution in [0, 0.1) is 6.42 Å². The van der Waals surface area contributed by atoms with E-state index in [1.165, 1.54) is 0 Å². The van der Waals surface area contributed by atoms with Crippen LogP contribution in [0.4, 0.5) is 4.79 Å². The summed E-state index contributed by atoms with van der Waals surface area (Å²) in [5, 5.41) is 5.66. The molecule has 1 fully saturated rings. The van der Waals surface area contributed by atoms with Gasteiger partial charge in [-0.2, -0.15) is 0 Å². The summed E-state index contributed by atoms with van der Waals surface area (Å²) >= 11 is 0. The van der Waals surface area contributed by atoms with Crippen molar-refractivity contribution in [1.82, 2.24) is 15.5 Å². The molecule has 3 aliphatic rings. The van der Waals surface area contributed by atoms with E-state index < -0.39 is 23.9 Å². The van der Waals surface area contributed by atoms with E-state index in [-0.39, 0.29) is 12.6 Å². The highest BCUT2D eigenvalue weighted by molar-refractivity contribution is 6.10. The number of allylic oxidation sites excluding steroid dienone is 2. The molecule has 151 valence electrons. The van der Waals surface area contributed by atoms with Crippen LogP contribution in [-0.2, 0) is 16.0 Å². The van der Waals surface area contributed by atoms with E-state index in [0.717, 1.165) is 28.9 Å². The van der Waals surface area contributed by atoms with E-state index in [1.807, 2.05) is 12.1 Å². The van der Waals surface area contributed by atoms with Crippen LogP contribution < -0.4 is 20.1 Å². The molecule has 1 aliphatic heterocycles. The zero-order valence-electron chi connectivity index (χ0n) is 16.2. The average Bonchev–Trinajstić information content (AvgIpc) is 3.11. The number of rotatable bonds is 5. The summed E-state index contributed by atoms with van der Waals surface area (Å²) in [4.78, 5) is 38.5. The number of hydrogen-bond acceptors (Lipinski definition) is 5. The smallest absolute Gasteiger partial charge is 0.325 e. The molecule has 8 heteroatoms. The first-order valence-corrected chi connectivity index (χ1v) is 9.40. The second-order valence-electron chi connectivity index (χ2n) is 7.08. The van der Waals surface area contributed by atoms with Crippen molar-refractivity contribution in [1.29, 1.82) is 0 Å². The highest BCUT2D eigenvalue weighted by Crippen LogP contribution is 2.39. The monoisotopic (exact) mass is 396 g/mol. The molecule has 1 aromatic carbocycles. The summed E-state index contributed by atoms with van der Waals surface area (Å²) < 4.78 is 10.7. The van der Waals surface area contributed by atoms with Crippen LogP contribution in [-0.4, -0.2) is 49.6 Å². The van der Waals surface area contributed by atoms with Gasteiger partial charge in [0.2, 0.25) is 5.91 Å². The molecule has 29 heavy (non-hydrogen) atoms. The highest BCUT2D eigenvalue weighted by Gasteiger charge is 2.38. The molecule has 2 atom stereocenters. The molecule has 1 saturated heterocycles. The van der Waals surface area contributed by atoms with Gasteiger partial charge in [0.15, 0.2) is 11.5 Å². The third kappa shape index (κ3) is 3.46. The zero-order chi connectivity index (χ0) is 20.5. The molecule has 1 heterocycles. The summed E-state index contributed by atoms with van der Waals surface area (Å²) in [6.45, 7) is -0.336. The first-order chi connectivity index (χ1) is 14.0. The van der Waals surface area contributed by atoms with Crippen LogP contribution in [0.2, 0.25) is 0 Å². The van der Waals surface area contributed by atoms with Gasteiger partial charge in [-0.05, 0) is 36.1 Å². The molecule has 1 aromatic rings. The number of amides is 4. The number of carbonyl (C=O) groups is 3. The molecule has 0 spiro atoms. The number of aryl methyl sites for hydroxylation is 1. The fourth-order valence-electron chi connectivity index (χ4n) is 3.94. The number of nitrogens with zero attached hydrogens (tertiary/aromatic N) is 1. The van der Waals surface area contributed by atoms with Gasteiger partial charge in [0.05, 0.1) is 26.3 Å². The number of carbonyl (C=O) groups excluding carboxylic acids is 3. The third-order valence-electron chi connectivity index (χ3n) is 5.40. The number of urea groups is 1. The van der Waals surface area contributed by atoms with Gasteiger partial charge in [-0.1, -0.05) is 18.2 Å². The van der Waals surface area contributed by atoms with E-state index in [0.29, 0.717) is 17.1 Å². The summed E-state index contributed by atoms with van der Waals surface area (Å²) in [7, 11) is 3.15. The Morgan fingerprint density at radius 3 is 2.72 bits per heavy atom. The Kier molecular flexibility index (Phi) is 5.00. The fourth-order valence-corrected chi connectivity index (χ4v) is 3.94. The van der Waals surface area contributed by atoms with Gasteiger partial charge in [-0.3, -0.25) is 14.5 Å². The molecule has 2 aliphatic carbocycles. The highest BCUT2D eigenvalue weighted by atomic mass is 16.5. The Morgan fingerprint density at radius 1 is 1.21 bits per heavy atom. The molecular formula is C21H22N3O5. The van der Waals surface area contributed by atoms with Crippen LogP contribution in [0.15, 0.2) is 35.9 Å². The normalized spacial score (nSPS) is 22.4. The summed E-state index contributed by atoms with van der Waals surface area (Å²) in [6, 6.07) is 2.56. The maximum atomic E-state index is 12.6. The number of nitrogens with one attached hydrogen (secondary N) is 2. The molecule has 8 nitrogen and oxygen atoms in total. The maximum Gasteiger partial charge on any atom is 0.325 e. The number of methoxy groups -OCH3 is 2. The van der Waals surface area contributed by atoms with Gasteiger partial charge < -0.3 is 20.1 Å². The van der Waals surface area contributed by atoms with Crippen molar-refractivity contribution in [2.45, 2.75) is 24.9 Å². The van der Waals surface area contributed by atoms with E-state index in [2.05, 4.69) is 10.6 Å². The molecule has 2 N–H and O–H groups in total. The number of hydrogen-bond donors (Lipinski definition) is 2. The molecule has 0 aromatic heterocycles. The minimum Gasteiger partial charge on any atom is -0.493 e. The lowest BCUT2D eigenvalue weighted by Crippen LogP contribution is -2.58. The average molecular weight is 396 g/mol. The van der Waals surface area contributed by atoms with Gasteiger partial charge >= 0.3 is 6.03 Å². The van der Waals surface area contributed by atoms with Crippen LogP contribution in [0.3, 0.4) is 0 Å². The molecule has 4 rings (SSSR count). The van der Waals surface area contributed by atoms with Gasteiger partial charge in [0.25, 0.3) is 5.91 Å². The number of benzene rings is 1. The summed E-state index contributed by atoms with van der Waals surface area (Å²) in [6.07, 6.45) is 8.41. The van der Waals surface area contributed by atoms with Crippen molar-refractivity contribution < 1.29 is 23.9 Å². The number of imide groups is 1. The molecular weight excluding hydrogens is 374 g/mol. The first-order valence-electron chi connectivity index (χ1n) is 9.40. The van der Waals surface area contributed by atoms with Crippen molar-refractivity contribution in [2.24, 2.45) is 0 Å². The predicted octanol–water partition coefficient (Wildman–Crippen LogP) is 1.43. The van der Waals surface area contributed by atoms with Crippen LogP contribution >= 0.6 is 0 Å². The SMILES string of the molecule is COc1cc2c(cc1OC)C(NC(=O)CN1C(=O)NC3[CH]C=CC=C3C1=O)CC2. The summed E-state index contributed by atoms with van der Waals surface area (Å²) in [5.41, 5.74) is 2.49. The van der Waals surface area contributed by atoms with Crippen LogP contribution in [0.1, 0.15) is 23.6 Å². The summed E-state index contributed by atoms with van der Waals surface area (Å²) in [5.74, 6) is 0.399. The Bertz CT molecular complexity index is 936. The minimum atomic E-state index is -0.572. The Hall–Kier alpha value is -3.29. The molecule has 0 bridgehead atoms. The van der Waals surface area contributed by atoms with Crippen LogP contribution in [0.5, 0.6) is 11.5 Å². The van der Waals surface area contributed by atoms with Gasteiger partial charge in [-0.25, -0.2) is 4.79 Å². The minimum absolute atomic E-state index is 0.210. The van der Waals surface area contributed by atoms with Crippen molar-refractivity contribution >= 4 is 17.8 Å². The van der Waals surface area contributed by atoms with E-state index in [4.69, 9.17) is 9.47 Å². The van der Waals surface area contributed by atoms with Crippen molar-refractivity contribution in [3.63, 3.8) is 0 Å². The first kappa shape index (κ1) is 19.0. The predicted molar refractivity (Wildman–Crippen MR) is 104 cm³/mol. The number of ether oxygens (including phenoxy) is 2. The maximum absolute atomic E-state index is 12.6.